The van der Waals surface area contributed by atoms with Crippen LogP contribution in [0.2, 0.25) is 0 Å². The molecule has 8 nitrogen and oxygen atoms in total. The fraction of sp³-hybridized carbons (Fsp3) is 0.710. The summed E-state index contributed by atoms with van der Waals surface area (Å²) in [4.78, 5) is 43.7. The van der Waals surface area contributed by atoms with Crippen LogP contribution in [0.15, 0.2) is 18.2 Å². The lowest BCUT2D eigenvalue weighted by Crippen LogP contribution is -2.52. The maximum Gasteiger partial charge on any atom is 0.255 e. The number of piperidine rings is 4. The number of imide groups is 1. The topological polar surface area (TPSA) is 85.0 Å². The molecule has 8 heteroatoms. The van der Waals surface area contributed by atoms with Gasteiger partial charge in [-0.2, -0.15) is 0 Å². The number of anilines is 1. The lowest BCUT2D eigenvalue weighted by molar-refractivity contribution is -0.136. The van der Waals surface area contributed by atoms with E-state index in [-0.39, 0.29) is 24.1 Å². The second kappa shape index (κ2) is 12.0. The number of amides is 3. The zero-order valence-electron chi connectivity index (χ0n) is 23.3. The molecule has 5 aliphatic rings. The SMILES string of the molecule is O=C1CCC(N2Cc3cc(N4CCC(CC5CCN(CCC6CCNCC6)CC5)CC4)ccc3C2=O)C(=O)N1. The monoisotopic (exact) mass is 535 g/mol. The molecule has 1 unspecified atom stereocenters. The van der Waals surface area contributed by atoms with Crippen molar-refractivity contribution >= 4 is 23.4 Å². The Kier molecular flexibility index (Phi) is 8.21. The predicted molar refractivity (Wildman–Crippen MR) is 151 cm³/mol. The van der Waals surface area contributed by atoms with Crippen LogP contribution in [0.4, 0.5) is 5.69 Å². The van der Waals surface area contributed by atoms with Gasteiger partial charge in [0, 0.05) is 37.3 Å². The smallest absolute Gasteiger partial charge is 0.255 e. The van der Waals surface area contributed by atoms with Gasteiger partial charge >= 0.3 is 0 Å². The lowest BCUT2D eigenvalue weighted by Gasteiger charge is -2.38. The molecule has 1 atom stereocenters. The molecule has 5 heterocycles. The molecule has 0 saturated carbocycles. The van der Waals surface area contributed by atoms with E-state index in [2.05, 4.69) is 32.6 Å². The third kappa shape index (κ3) is 6.17. The first-order valence-electron chi connectivity index (χ1n) is 15.5. The van der Waals surface area contributed by atoms with Gasteiger partial charge in [0.05, 0.1) is 0 Å². The summed E-state index contributed by atoms with van der Waals surface area (Å²) in [6.07, 6.45) is 11.4. The molecule has 1 aromatic rings. The second-order valence-corrected chi connectivity index (χ2v) is 12.7. The number of carbonyl (C=O) groups excluding carboxylic acids is 3. The molecule has 2 N–H and O–H groups in total. The lowest BCUT2D eigenvalue weighted by atomic mass is 9.82. The van der Waals surface area contributed by atoms with E-state index in [0.29, 0.717) is 18.5 Å². The van der Waals surface area contributed by atoms with E-state index in [1.165, 1.54) is 89.8 Å². The standard InChI is InChI=1S/C31H45N5O3/c37-29-4-3-28(30(38)33-29)36-21-25-20-26(1-2-27(25)31(36)39)35-17-10-24(11-18-35)19-23-8-15-34(16-9-23)14-7-22-5-12-32-13-6-22/h1-2,20,22-24,28,32H,3-19,21H2,(H,33,37,38). The minimum atomic E-state index is -0.553. The van der Waals surface area contributed by atoms with Crippen molar-refractivity contribution in [2.24, 2.45) is 17.8 Å². The summed E-state index contributed by atoms with van der Waals surface area (Å²) in [6.45, 7) is 8.89. The van der Waals surface area contributed by atoms with E-state index >= 15 is 0 Å². The number of hydrogen-bond acceptors (Lipinski definition) is 6. The van der Waals surface area contributed by atoms with Gasteiger partial charge in [0.2, 0.25) is 11.8 Å². The zero-order valence-corrected chi connectivity index (χ0v) is 23.3. The van der Waals surface area contributed by atoms with Crippen molar-refractivity contribution in [3.8, 4) is 0 Å². The Morgan fingerprint density at radius 3 is 2.26 bits per heavy atom. The molecule has 1 aromatic carbocycles. The Labute approximate surface area is 232 Å². The molecule has 6 rings (SSSR count). The van der Waals surface area contributed by atoms with E-state index in [9.17, 15) is 14.4 Å². The molecule has 3 amide bonds. The van der Waals surface area contributed by atoms with E-state index in [1.807, 2.05) is 6.07 Å². The quantitative estimate of drug-likeness (QED) is 0.522. The van der Waals surface area contributed by atoms with Crippen LogP contribution >= 0.6 is 0 Å². The highest BCUT2D eigenvalue weighted by Crippen LogP contribution is 2.34. The number of benzene rings is 1. The molecular formula is C31H45N5O3. The third-order valence-corrected chi connectivity index (χ3v) is 10.2. The maximum atomic E-state index is 13.0. The van der Waals surface area contributed by atoms with Crippen molar-refractivity contribution in [3.63, 3.8) is 0 Å². The van der Waals surface area contributed by atoms with Gasteiger partial charge in [-0.3, -0.25) is 19.7 Å². The molecule has 5 aliphatic heterocycles. The Bertz CT molecular complexity index is 1050. The number of carbonyl (C=O) groups is 3. The van der Waals surface area contributed by atoms with Crippen LogP contribution in [-0.2, 0) is 16.1 Å². The van der Waals surface area contributed by atoms with Crippen molar-refractivity contribution in [1.82, 2.24) is 20.4 Å². The van der Waals surface area contributed by atoms with Gasteiger partial charge < -0.3 is 20.0 Å². The summed E-state index contributed by atoms with van der Waals surface area (Å²) in [5.41, 5.74) is 2.88. The van der Waals surface area contributed by atoms with E-state index < -0.39 is 6.04 Å². The fourth-order valence-electron chi connectivity index (χ4n) is 7.64. The van der Waals surface area contributed by atoms with Crippen LogP contribution in [0.1, 0.15) is 80.1 Å². The van der Waals surface area contributed by atoms with Crippen molar-refractivity contribution in [2.45, 2.75) is 76.8 Å². The number of nitrogens with zero attached hydrogens (tertiary/aromatic N) is 3. The van der Waals surface area contributed by atoms with Gasteiger partial charge in [-0.05, 0) is 132 Å². The highest BCUT2D eigenvalue weighted by atomic mass is 16.2. The normalized spacial score (nSPS) is 26.3. The van der Waals surface area contributed by atoms with Gasteiger partial charge in [-0.25, -0.2) is 0 Å². The first-order chi connectivity index (χ1) is 19.0. The molecule has 4 fully saturated rings. The van der Waals surface area contributed by atoms with E-state index in [0.717, 1.165) is 36.4 Å². The number of fused-ring (bicyclic) bond motifs is 1. The molecule has 0 spiro atoms. The Hall–Kier alpha value is -2.45. The van der Waals surface area contributed by atoms with E-state index in [1.54, 1.807) is 4.90 Å². The molecule has 212 valence electrons. The summed E-state index contributed by atoms with van der Waals surface area (Å²) < 4.78 is 0. The summed E-state index contributed by atoms with van der Waals surface area (Å²) in [6, 6.07) is 5.61. The summed E-state index contributed by atoms with van der Waals surface area (Å²) in [5.74, 6) is 1.95. The van der Waals surface area contributed by atoms with Crippen LogP contribution < -0.4 is 15.5 Å². The minimum Gasteiger partial charge on any atom is -0.372 e. The fourth-order valence-corrected chi connectivity index (χ4v) is 7.64. The Balaban J connectivity index is 0.946. The second-order valence-electron chi connectivity index (χ2n) is 12.7. The van der Waals surface area contributed by atoms with Gasteiger partial charge in [-0.15, -0.1) is 0 Å². The first-order valence-corrected chi connectivity index (χ1v) is 15.5. The highest BCUT2D eigenvalue weighted by Gasteiger charge is 2.39. The Morgan fingerprint density at radius 2 is 1.54 bits per heavy atom. The van der Waals surface area contributed by atoms with Crippen LogP contribution in [-0.4, -0.2) is 79.4 Å². The number of likely N-dealkylation sites (tertiary alicyclic amines) is 1. The number of rotatable bonds is 7. The predicted octanol–water partition coefficient (Wildman–Crippen LogP) is 3.16. The first kappa shape index (κ1) is 26.8. The van der Waals surface area contributed by atoms with Gasteiger partial charge in [-0.1, -0.05) is 0 Å². The van der Waals surface area contributed by atoms with Crippen molar-refractivity contribution in [2.75, 3.05) is 50.7 Å². The molecule has 0 radical (unpaired) electrons. The molecule has 0 aliphatic carbocycles. The van der Waals surface area contributed by atoms with Crippen LogP contribution in [0.3, 0.4) is 0 Å². The van der Waals surface area contributed by atoms with Crippen LogP contribution in [0.5, 0.6) is 0 Å². The molecule has 0 bridgehead atoms. The van der Waals surface area contributed by atoms with Crippen molar-refractivity contribution < 1.29 is 14.4 Å². The van der Waals surface area contributed by atoms with Gasteiger partial charge in [0.15, 0.2) is 0 Å². The zero-order chi connectivity index (χ0) is 26.8. The molecule has 39 heavy (non-hydrogen) atoms. The number of hydrogen-bond donors (Lipinski definition) is 2. The third-order valence-electron chi connectivity index (χ3n) is 10.2. The summed E-state index contributed by atoms with van der Waals surface area (Å²) in [5, 5.41) is 5.87. The summed E-state index contributed by atoms with van der Waals surface area (Å²) in [7, 11) is 0. The van der Waals surface area contributed by atoms with Crippen LogP contribution in [0, 0.1) is 17.8 Å². The average molecular weight is 536 g/mol. The molecule has 4 saturated heterocycles. The number of nitrogens with one attached hydrogen (secondary N) is 2. The van der Waals surface area contributed by atoms with Gasteiger partial charge in [0.1, 0.15) is 6.04 Å². The summed E-state index contributed by atoms with van der Waals surface area (Å²) >= 11 is 0. The van der Waals surface area contributed by atoms with E-state index in [4.69, 9.17) is 0 Å². The average Bonchev–Trinajstić information content (AvgIpc) is 3.29. The Morgan fingerprint density at radius 1 is 0.821 bits per heavy atom. The van der Waals surface area contributed by atoms with Gasteiger partial charge in [0.25, 0.3) is 5.91 Å². The maximum absolute atomic E-state index is 13.0. The minimum absolute atomic E-state index is 0.0953. The van der Waals surface area contributed by atoms with Crippen molar-refractivity contribution in [1.29, 1.82) is 0 Å². The van der Waals surface area contributed by atoms with Crippen LogP contribution in [0.25, 0.3) is 0 Å². The van der Waals surface area contributed by atoms with Crippen molar-refractivity contribution in [3.05, 3.63) is 29.3 Å². The molecule has 0 aromatic heterocycles. The largest absolute Gasteiger partial charge is 0.372 e. The highest BCUT2D eigenvalue weighted by molar-refractivity contribution is 6.05. The molecular weight excluding hydrogens is 490 g/mol.